The van der Waals surface area contributed by atoms with E-state index < -0.39 is 11.4 Å². The van der Waals surface area contributed by atoms with E-state index in [0.29, 0.717) is 36.7 Å². The van der Waals surface area contributed by atoms with Crippen LogP contribution in [0.2, 0.25) is 0 Å². The first-order chi connectivity index (χ1) is 13.0. The van der Waals surface area contributed by atoms with Crippen molar-refractivity contribution >= 4 is 11.9 Å². The second kappa shape index (κ2) is 6.80. The lowest BCUT2D eigenvalue weighted by atomic mass is 9.64. The number of pyridine rings is 1. The lowest BCUT2D eigenvalue weighted by molar-refractivity contribution is -0.152. The lowest BCUT2D eigenvalue weighted by Gasteiger charge is -2.38. The highest BCUT2D eigenvalue weighted by molar-refractivity contribution is 5.96. The van der Waals surface area contributed by atoms with Gasteiger partial charge in [0.2, 0.25) is 0 Å². The van der Waals surface area contributed by atoms with E-state index in [1.807, 2.05) is 25.1 Å². The minimum absolute atomic E-state index is 0.0186. The van der Waals surface area contributed by atoms with E-state index in [1.54, 1.807) is 23.2 Å². The quantitative estimate of drug-likeness (QED) is 0.905. The number of carboxylic acid groups (broad SMARTS) is 1. The Labute approximate surface area is 159 Å². The molecule has 1 aromatic heterocycles. The number of rotatable bonds is 3. The van der Waals surface area contributed by atoms with Crippen molar-refractivity contribution in [2.75, 3.05) is 13.1 Å². The van der Waals surface area contributed by atoms with E-state index >= 15 is 0 Å². The normalized spacial score (nSPS) is 27.2. The van der Waals surface area contributed by atoms with Gasteiger partial charge in [-0.3, -0.25) is 14.6 Å². The predicted octanol–water partition coefficient (Wildman–Crippen LogP) is 3.50. The third-order valence-electron chi connectivity index (χ3n) is 6.42. The molecule has 0 radical (unpaired) electrons. The summed E-state index contributed by atoms with van der Waals surface area (Å²) in [6.07, 6.45) is 3.94. The number of nitrogens with zero attached hydrogens (tertiary/aromatic N) is 2. The van der Waals surface area contributed by atoms with Crippen LogP contribution in [0.4, 0.5) is 0 Å². The smallest absolute Gasteiger partial charge is 0.311 e. The highest BCUT2D eigenvalue weighted by Crippen LogP contribution is 2.51. The lowest BCUT2D eigenvalue weighted by Crippen LogP contribution is -2.43. The summed E-state index contributed by atoms with van der Waals surface area (Å²) in [5, 5.41) is 10.0. The summed E-state index contributed by atoms with van der Waals surface area (Å²) in [5.41, 5.74) is 1.70. The van der Waals surface area contributed by atoms with Gasteiger partial charge >= 0.3 is 5.97 Å². The zero-order valence-electron chi connectivity index (χ0n) is 15.5. The van der Waals surface area contributed by atoms with Crippen molar-refractivity contribution in [3.63, 3.8) is 0 Å². The molecule has 4 rings (SSSR count). The number of carbonyl (C=O) groups is 2. The average molecular weight is 364 g/mol. The molecule has 1 aromatic carbocycles. The van der Waals surface area contributed by atoms with Crippen molar-refractivity contribution in [2.45, 2.75) is 32.1 Å². The van der Waals surface area contributed by atoms with Crippen LogP contribution in [-0.2, 0) is 4.79 Å². The molecule has 1 saturated heterocycles. The van der Waals surface area contributed by atoms with E-state index in [0.717, 1.165) is 12.8 Å². The molecule has 0 spiro atoms. The van der Waals surface area contributed by atoms with Crippen LogP contribution < -0.4 is 0 Å². The van der Waals surface area contributed by atoms with Gasteiger partial charge in [0.1, 0.15) is 0 Å². The monoisotopic (exact) mass is 364 g/mol. The van der Waals surface area contributed by atoms with Gasteiger partial charge < -0.3 is 10.0 Å². The van der Waals surface area contributed by atoms with E-state index in [9.17, 15) is 14.7 Å². The second-order valence-electron chi connectivity index (χ2n) is 7.86. The highest BCUT2D eigenvalue weighted by atomic mass is 16.4. The number of aromatic nitrogens is 1. The largest absolute Gasteiger partial charge is 0.481 e. The average Bonchev–Trinajstić information content (AvgIpc) is 3.09. The number of benzene rings is 1. The third-order valence-corrected chi connectivity index (χ3v) is 6.42. The molecule has 5 heteroatoms. The fourth-order valence-electron chi connectivity index (χ4n) is 4.86. The molecular weight excluding hydrogens is 340 g/mol. The Hall–Kier alpha value is -2.69. The summed E-state index contributed by atoms with van der Waals surface area (Å²) < 4.78 is 0. The number of fused-ring (bicyclic) bond motifs is 1. The Balaban J connectivity index is 1.59. The number of aliphatic carboxylic acids is 1. The number of hydrogen-bond acceptors (Lipinski definition) is 3. The van der Waals surface area contributed by atoms with E-state index in [1.165, 1.54) is 5.56 Å². The maximum Gasteiger partial charge on any atom is 0.311 e. The SMILES string of the molecule is Cc1ncccc1C(=O)N1C[C@@H]2C[C@@H](c3ccccc3)CC[C@]2(C(=O)O)C1. The van der Waals surface area contributed by atoms with Gasteiger partial charge in [-0.05, 0) is 55.7 Å². The Morgan fingerprint density at radius 2 is 1.96 bits per heavy atom. The molecule has 2 aliphatic rings. The van der Waals surface area contributed by atoms with Gasteiger partial charge in [-0.15, -0.1) is 0 Å². The molecule has 0 unspecified atom stereocenters. The van der Waals surface area contributed by atoms with Crippen LogP contribution in [0.3, 0.4) is 0 Å². The molecule has 1 aliphatic carbocycles. The van der Waals surface area contributed by atoms with E-state index in [2.05, 4.69) is 17.1 Å². The van der Waals surface area contributed by atoms with Crippen LogP contribution in [0.5, 0.6) is 0 Å². The summed E-state index contributed by atoms with van der Waals surface area (Å²) in [4.78, 5) is 31.2. The van der Waals surface area contributed by atoms with Crippen molar-refractivity contribution in [1.29, 1.82) is 0 Å². The summed E-state index contributed by atoms with van der Waals surface area (Å²) >= 11 is 0. The van der Waals surface area contributed by atoms with Crippen LogP contribution in [0.15, 0.2) is 48.7 Å². The van der Waals surface area contributed by atoms with Crippen LogP contribution in [0, 0.1) is 18.3 Å². The minimum Gasteiger partial charge on any atom is -0.481 e. The molecule has 2 heterocycles. The maximum atomic E-state index is 13.0. The molecule has 3 atom stereocenters. The number of hydrogen-bond donors (Lipinski definition) is 1. The molecule has 0 bridgehead atoms. The summed E-state index contributed by atoms with van der Waals surface area (Å²) in [5.74, 6) is -0.530. The number of amides is 1. The highest BCUT2D eigenvalue weighted by Gasteiger charge is 2.56. The Morgan fingerprint density at radius 1 is 1.19 bits per heavy atom. The maximum absolute atomic E-state index is 13.0. The van der Waals surface area contributed by atoms with Crippen molar-refractivity contribution in [1.82, 2.24) is 9.88 Å². The van der Waals surface area contributed by atoms with Gasteiger partial charge in [-0.25, -0.2) is 0 Å². The van der Waals surface area contributed by atoms with Gasteiger partial charge in [0, 0.05) is 25.0 Å². The topological polar surface area (TPSA) is 70.5 Å². The summed E-state index contributed by atoms with van der Waals surface area (Å²) in [6.45, 7) is 2.61. The van der Waals surface area contributed by atoms with E-state index in [-0.39, 0.29) is 11.8 Å². The van der Waals surface area contributed by atoms with Gasteiger partial charge in [-0.2, -0.15) is 0 Å². The molecular formula is C22H24N2O3. The number of aryl methyl sites for hydroxylation is 1. The zero-order valence-corrected chi connectivity index (χ0v) is 15.5. The first-order valence-electron chi connectivity index (χ1n) is 9.50. The second-order valence-corrected chi connectivity index (χ2v) is 7.86. The standard InChI is InChI=1S/C22H24N2O3/c1-15-19(8-5-11-23-15)20(25)24-13-18-12-17(16-6-3-2-4-7-16)9-10-22(18,14-24)21(26)27/h2-8,11,17-18H,9-10,12-14H2,1H3,(H,26,27)/t17-,18-,22-/m0/s1. The first-order valence-corrected chi connectivity index (χ1v) is 9.50. The summed E-state index contributed by atoms with van der Waals surface area (Å²) in [6, 6.07) is 13.8. The van der Waals surface area contributed by atoms with Gasteiger partial charge in [0.05, 0.1) is 11.0 Å². The predicted molar refractivity (Wildman–Crippen MR) is 101 cm³/mol. The van der Waals surface area contributed by atoms with Crippen molar-refractivity contribution in [3.05, 3.63) is 65.5 Å². The van der Waals surface area contributed by atoms with Crippen LogP contribution >= 0.6 is 0 Å². The molecule has 2 fully saturated rings. The molecule has 2 aromatic rings. The van der Waals surface area contributed by atoms with Crippen LogP contribution in [0.1, 0.15) is 46.8 Å². The van der Waals surface area contributed by atoms with Gasteiger partial charge in [0.15, 0.2) is 0 Å². The van der Waals surface area contributed by atoms with E-state index in [4.69, 9.17) is 0 Å². The number of carbonyl (C=O) groups excluding carboxylic acids is 1. The molecule has 1 saturated carbocycles. The zero-order chi connectivity index (χ0) is 19.0. The molecule has 27 heavy (non-hydrogen) atoms. The fraction of sp³-hybridized carbons (Fsp3) is 0.409. The number of carboxylic acids is 1. The van der Waals surface area contributed by atoms with Gasteiger partial charge in [0.25, 0.3) is 5.91 Å². The molecule has 1 N–H and O–H groups in total. The summed E-state index contributed by atoms with van der Waals surface area (Å²) in [7, 11) is 0. The Morgan fingerprint density at radius 3 is 2.67 bits per heavy atom. The first kappa shape index (κ1) is 17.7. The Kier molecular flexibility index (Phi) is 4.46. The van der Waals surface area contributed by atoms with Crippen molar-refractivity contribution in [3.8, 4) is 0 Å². The van der Waals surface area contributed by atoms with Crippen LogP contribution in [-0.4, -0.2) is 40.0 Å². The Bertz CT molecular complexity index is 867. The molecule has 5 nitrogen and oxygen atoms in total. The molecule has 140 valence electrons. The van der Waals surface area contributed by atoms with Gasteiger partial charge in [-0.1, -0.05) is 30.3 Å². The van der Waals surface area contributed by atoms with Crippen molar-refractivity contribution < 1.29 is 14.7 Å². The molecule has 1 aliphatic heterocycles. The van der Waals surface area contributed by atoms with Crippen LogP contribution in [0.25, 0.3) is 0 Å². The number of likely N-dealkylation sites (tertiary alicyclic amines) is 1. The fourth-order valence-corrected chi connectivity index (χ4v) is 4.86. The molecule has 1 amide bonds. The third kappa shape index (κ3) is 3.01. The van der Waals surface area contributed by atoms with Crippen molar-refractivity contribution in [2.24, 2.45) is 11.3 Å². The minimum atomic E-state index is -0.822.